The molecule has 0 fully saturated rings. The van der Waals surface area contributed by atoms with Crippen molar-refractivity contribution < 1.29 is 4.79 Å². The quantitative estimate of drug-likeness (QED) is 0.803. The lowest BCUT2D eigenvalue weighted by molar-refractivity contribution is 0.102. The minimum Gasteiger partial charge on any atom is -0.370 e. The Morgan fingerprint density at radius 3 is 2.74 bits per heavy atom. The van der Waals surface area contributed by atoms with Crippen molar-refractivity contribution in [2.75, 3.05) is 17.2 Å². The highest BCUT2D eigenvalue weighted by molar-refractivity contribution is 6.35. The molecule has 7 heteroatoms. The van der Waals surface area contributed by atoms with E-state index >= 15 is 0 Å². The summed E-state index contributed by atoms with van der Waals surface area (Å²) in [5.41, 5.74) is 0.695. The summed E-state index contributed by atoms with van der Waals surface area (Å²) in [4.78, 5) is 20.4. The number of hydrogen-bond acceptors (Lipinski definition) is 4. The molecule has 0 aliphatic carbocycles. The fourth-order valence-electron chi connectivity index (χ4n) is 1.85. The van der Waals surface area contributed by atoms with Crippen molar-refractivity contribution >= 4 is 40.6 Å². The van der Waals surface area contributed by atoms with E-state index in [1.807, 2.05) is 0 Å². The SMILES string of the molecule is CC(C)CCNc1cc(C(=O)Nc2cc(Cl)ccc2Cl)ncn1. The summed E-state index contributed by atoms with van der Waals surface area (Å²) in [6.45, 7) is 5.08. The van der Waals surface area contributed by atoms with Crippen LogP contribution in [0.1, 0.15) is 30.8 Å². The molecular formula is C16H18Cl2N4O. The third-order valence-corrected chi connectivity index (χ3v) is 3.67. The third kappa shape index (κ3) is 5.37. The van der Waals surface area contributed by atoms with Crippen LogP contribution in [0, 0.1) is 5.92 Å². The Morgan fingerprint density at radius 1 is 1.22 bits per heavy atom. The molecule has 2 aromatic rings. The lowest BCUT2D eigenvalue weighted by atomic mass is 10.1. The van der Waals surface area contributed by atoms with Crippen molar-refractivity contribution in [2.45, 2.75) is 20.3 Å². The number of nitrogens with one attached hydrogen (secondary N) is 2. The molecule has 5 nitrogen and oxygen atoms in total. The average molecular weight is 353 g/mol. The molecule has 2 rings (SSSR count). The number of halogens is 2. The van der Waals surface area contributed by atoms with Gasteiger partial charge in [-0.25, -0.2) is 9.97 Å². The predicted octanol–water partition coefficient (Wildman–Crippen LogP) is 4.49. The normalized spacial score (nSPS) is 10.7. The van der Waals surface area contributed by atoms with Gasteiger partial charge in [0.05, 0.1) is 10.7 Å². The van der Waals surface area contributed by atoms with Gasteiger partial charge in [0.15, 0.2) is 0 Å². The molecule has 23 heavy (non-hydrogen) atoms. The molecule has 0 bridgehead atoms. The maximum Gasteiger partial charge on any atom is 0.274 e. The number of nitrogens with zero attached hydrogens (tertiary/aromatic N) is 2. The second kappa shape index (κ2) is 8.13. The van der Waals surface area contributed by atoms with Crippen LogP contribution in [0.25, 0.3) is 0 Å². The number of anilines is 2. The van der Waals surface area contributed by atoms with Crippen molar-refractivity contribution in [2.24, 2.45) is 5.92 Å². The zero-order valence-electron chi connectivity index (χ0n) is 12.9. The molecule has 0 unspecified atom stereocenters. The Labute approximate surface area is 145 Å². The van der Waals surface area contributed by atoms with Gasteiger partial charge in [0.2, 0.25) is 0 Å². The molecule has 0 saturated carbocycles. The summed E-state index contributed by atoms with van der Waals surface area (Å²) in [6, 6.07) is 6.47. The van der Waals surface area contributed by atoms with E-state index in [0.717, 1.165) is 13.0 Å². The van der Waals surface area contributed by atoms with Crippen LogP contribution in [-0.2, 0) is 0 Å². The Kier molecular flexibility index (Phi) is 6.19. The molecule has 0 aliphatic rings. The molecule has 0 aliphatic heterocycles. The summed E-state index contributed by atoms with van der Waals surface area (Å²) >= 11 is 11.9. The topological polar surface area (TPSA) is 66.9 Å². The molecule has 1 heterocycles. The number of benzene rings is 1. The smallest absolute Gasteiger partial charge is 0.274 e. The summed E-state index contributed by atoms with van der Waals surface area (Å²) in [7, 11) is 0. The molecule has 0 radical (unpaired) electrons. The molecule has 122 valence electrons. The van der Waals surface area contributed by atoms with Gasteiger partial charge in [-0.15, -0.1) is 0 Å². The third-order valence-electron chi connectivity index (χ3n) is 3.10. The van der Waals surface area contributed by atoms with Gasteiger partial charge in [0, 0.05) is 17.6 Å². The zero-order chi connectivity index (χ0) is 16.8. The van der Waals surface area contributed by atoms with Crippen molar-refractivity contribution in [3.8, 4) is 0 Å². The van der Waals surface area contributed by atoms with Gasteiger partial charge in [-0.3, -0.25) is 4.79 Å². The maximum absolute atomic E-state index is 12.3. The molecule has 2 N–H and O–H groups in total. The molecule has 0 saturated heterocycles. The Hall–Kier alpha value is -1.85. The van der Waals surface area contributed by atoms with Crippen molar-refractivity contribution in [1.29, 1.82) is 0 Å². The minimum atomic E-state index is -0.372. The summed E-state index contributed by atoms with van der Waals surface area (Å²) < 4.78 is 0. The highest BCUT2D eigenvalue weighted by Crippen LogP contribution is 2.25. The molecule has 1 amide bonds. The molecular weight excluding hydrogens is 335 g/mol. The Bertz CT molecular complexity index is 692. The van der Waals surface area contributed by atoms with E-state index < -0.39 is 0 Å². The van der Waals surface area contributed by atoms with E-state index in [0.29, 0.717) is 27.5 Å². The summed E-state index contributed by atoms with van der Waals surface area (Å²) in [5.74, 6) is 0.837. The largest absolute Gasteiger partial charge is 0.370 e. The minimum absolute atomic E-state index is 0.253. The number of carbonyl (C=O) groups excluding carboxylic acids is 1. The van der Waals surface area contributed by atoms with Crippen molar-refractivity contribution in [3.63, 3.8) is 0 Å². The monoisotopic (exact) mass is 352 g/mol. The van der Waals surface area contributed by atoms with Gasteiger partial charge >= 0.3 is 0 Å². The standard InChI is InChI=1S/C16H18Cl2N4O/c1-10(2)5-6-19-15-8-14(20-9-21-15)16(23)22-13-7-11(17)3-4-12(13)18/h3-4,7-10H,5-6H2,1-2H3,(H,22,23)(H,19,20,21). The fraction of sp³-hybridized carbons (Fsp3) is 0.312. The predicted molar refractivity (Wildman–Crippen MR) is 94.4 cm³/mol. The van der Waals surface area contributed by atoms with Crippen LogP contribution in [0.15, 0.2) is 30.6 Å². The van der Waals surface area contributed by atoms with Crippen molar-refractivity contribution in [3.05, 3.63) is 46.3 Å². The number of carbonyl (C=O) groups is 1. The van der Waals surface area contributed by atoms with Crippen LogP contribution in [0.4, 0.5) is 11.5 Å². The van der Waals surface area contributed by atoms with Crippen molar-refractivity contribution in [1.82, 2.24) is 9.97 Å². The van der Waals surface area contributed by atoms with Crippen LogP contribution < -0.4 is 10.6 Å². The second-order valence-electron chi connectivity index (χ2n) is 5.48. The Balaban J connectivity index is 2.06. The first-order valence-corrected chi connectivity index (χ1v) is 8.03. The van der Waals surface area contributed by atoms with Crippen LogP contribution in [0.2, 0.25) is 10.0 Å². The number of amides is 1. The van der Waals surface area contributed by atoms with E-state index in [-0.39, 0.29) is 11.6 Å². The first-order chi connectivity index (χ1) is 11.0. The van der Waals surface area contributed by atoms with Gasteiger partial charge in [-0.05, 0) is 30.5 Å². The lowest BCUT2D eigenvalue weighted by Gasteiger charge is -2.09. The first-order valence-electron chi connectivity index (χ1n) is 7.28. The molecule has 1 aromatic carbocycles. The van der Waals surface area contributed by atoms with Gasteiger partial charge in [-0.1, -0.05) is 37.0 Å². The van der Waals surface area contributed by atoms with E-state index in [2.05, 4.69) is 34.4 Å². The Morgan fingerprint density at radius 2 is 2.00 bits per heavy atom. The van der Waals surface area contributed by atoms with Gasteiger partial charge < -0.3 is 10.6 Å². The molecule has 0 spiro atoms. The maximum atomic E-state index is 12.3. The van der Waals surface area contributed by atoms with Crippen LogP contribution >= 0.6 is 23.2 Å². The lowest BCUT2D eigenvalue weighted by Crippen LogP contribution is -2.15. The van der Waals surface area contributed by atoms with Gasteiger partial charge in [0.1, 0.15) is 17.8 Å². The summed E-state index contributed by atoms with van der Waals surface area (Å²) in [5, 5.41) is 6.77. The highest BCUT2D eigenvalue weighted by Gasteiger charge is 2.11. The average Bonchev–Trinajstić information content (AvgIpc) is 2.51. The van der Waals surface area contributed by atoms with Crippen LogP contribution in [-0.4, -0.2) is 22.4 Å². The number of rotatable bonds is 6. The summed E-state index contributed by atoms with van der Waals surface area (Å²) in [6.07, 6.45) is 2.37. The number of hydrogen-bond donors (Lipinski definition) is 2. The second-order valence-corrected chi connectivity index (χ2v) is 6.32. The van der Waals surface area contributed by atoms with Gasteiger partial charge in [-0.2, -0.15) is 0 Å². The number of aromatic nitrogens is 2. The highest BCUT2D eigenvalue weighted by atomic mass is 35.5. The molecule has 1 aromatic heterocycles. The van der Waals surface area contributed by atoms with E-state index in [4.69, 9.17) is 23.2 Å². The van der Waals surface area contributed by atoms with Gasteiger partial charge in [0.25, 0.3) is 5.91 Å². The van der Waals surface area contributed by atoms with E-state index in [9.17, 15) is 4.79 Å². The van der Waals surface area contributed by atoms with Crippen LogP contribution in [0.3, 0.4) is 0 Å². The molecule has 0 atom stereocenters. The van der Waals surface area contributed by atoms with E-state index in [1.165, 1.54) is 6.33 Å². The van der Waals surface area contributed by atoms with Crippen LogP contribution in [0.5, 0.6) is 0 Å². The first kappa shape index (κ1) is 17.5. The zero-order valence-corrected chi connectivity index (χ0v) is 14.4. The fourth-order valence-corrected chi connectivity index (χ4v) is 2.18. The van der Waals surface area contributed by atoms with E-state index in [1.54, 1.807) is 24.3 Å².